The van der Waals surface area contributed by atoms with Crippen LogP contribution in [-0.4, -0.2) is 16.1 Å². The van der Waals surface area contributed by atoms with Gasteiger partial charge in [-0.3, -0.25) is 0 Å². The van der Waals surface area contributed by atoms with E-state index in [-0.39, 0.29) is 0 Å². The summed E-state index contributed by atoms with van der Waals surface area (Å²) < 4.78 is 2.08. The molecule has 0 saturated heterocycles. The fourth-order valence-electron chi connectivity index (χ4n) is 2.29. The Bertz CT molecular complexity index is 499. The van der Waals surface area contributed by atoms with Crippen LogP contribution in [0.1, 0.15) is 36.3 Å². The van der Waals surface area contributed by atoms with E-state index >= 15 is 0 Å². The number of nitrogens with zero attached hydrogens (tertiary/aromatic N) is 2. The first-order valence-electron chi connectivity index (χ1n) is 6.97. The van der Waals surface area contributed by atoms with Crippen molar-refractivity contribution in [1.29, 1.82) is 0 Å². The third-order valence-corrected chi connectivity index (χ3v) is 3.55. The zero-order chi connectivity index (χ0) is 13.7. The lowest BCUT2D eigenvalue weighted by molar-refractivity contribution is 0.515. The van der Waals surface area contributed by atoms with E-state index in [0.717, 1.165) is 25.2 Å². The molecule has 1 aromatic carbocycles. The van der Waals surface area contributed by atoms with Crippen LogP contribution in [-0.2, 0) is 13.5 Å². The second kappa shape index (κ2) is 6.53. The highest BCUT2D eigenvalue weighted by atomic mass is 15.0. The summed E-state index contributed by atoms with van der Waals surface area (Å²) in [5.41, 5.74) is 2.68. The van der Waals surface area contributed by atoms with Gasteiger partial charge < -0.3 is 9.88 Å². The molecule has 1 heterocycles. The lowest BCUT2D eigenvalue weighted by atomic mass is 10.0. The van der Waals surface area contributed by atoms with Gasteiger partial charge in [-0.05, 0) is 18.9 Å². The third-order valence-electron chi connectivity index (χ3n) is 3.55. The van der Waals surface area contributed by atoms with Crippen LogP contribution in [0, 0.1) is 6.92 Å². The second-order valence-electron chi connectivity index (χ2n) is 5.03. The molecule has 19 heavy (non-hydrogen) atoms. The summed E-state index contributed by atoms with van der Waals surface area (Å²) in [6.07, 6.45) is 5.91. The smallest absolute Gasteiger partial charge is 0.109 e. The Morgan fingerprint density at radius 3 is 2.58 bits per heavy atom. The maximum absolute atomic E-state index is 4.35. The number of imidazole rings is 1. The number of hydrogen-bond donors (Lipinski definition) is 1. The molecule has 0 saturated carbocycles. The average molecular weight is 257 g/mol. The van der Waals surface area contributed by atoms with Crippen molar-refractivity contribution in [2.24, 2.45) is 7.05 Å². The molecule has 0 aliphatic carbocycles. The highest BCUT2D eigenvalue weighted by molar-refractivity contribution is 5.24. The molecule has 1 atom stereocenters. The lowest BCUT2D eigenvalue weighted by Gasteiger charge is -2.17. The molecule has 102 valence electrons. The van der Waals surface area contributed by atoms with Crippen LogP contribution in [0.15, 0.2) is 36.7 Å². The quantitative estimate of drug-likeness (QED) is 0.862. The van der Waals surface area contributed by atoms with Gasteiger partial charge in [0, 0.05) is 38.4 Å². The first-order chi connectivity index (χ1) is 9.20. The maximum Gasteiger partial charge on any atom is 0.109 e. The van der Waals surface area contributed by atoms with E-state index < -0.39 is 0 Å². The zero-order valence-electron chi connectivity index (χ0n) is 12.1. The summed E-state index contributed by atoms with van der Waals surface area (Å²) in [7, 11) is 2.04. The highest BCUT2D eigenvalue weighted by Crippen LogP contribution is 2.16. The summed E-state index contributed by atoms with van der Waals surface area (Å²) >= 11 is 0. The Labute approximate surface area is 115 Å². The van der Waals surface area contributed by atoms with Gasteiger partial charge in [-0.15, -0.1) is 0 Å². The molecule has 1 unspecified atom stereocenters. The predicted molar refractivity (Wildman–Crippen MR) is 79.1 cm³/mol. The van der Waals surface area contributed by atoms with Crippen LogP contribution in [0.25, 0.3) is 0 Å². The molecular formula is C16H23N3. The van der Waals surface area contributed by atoms with Gasteiger partial charge in [-0.1, -0.05) is 36.8 Å². The average Bonchev–Trinajstić information content (AvgIpc) is 2.82. The molecule has 2 aromatic rings. The number of hydrogen-bond acceptors (Lipinski definition) is 2. The summed E-state index contributed by atoms with van der Waals surface area (Å²) in [5.74, 6) is 1.13. The first-order valence-corrected chi connectivity index (χ1v) is 6.97. The Kier molecular flexibility index (Phi) is 4.74. The van der Waals surface area contributed by atoms with Crippen LogP contribution in [0.2, 0.25) is 0 Å². The van der Waals surface area contributed by atoms with Crippen molar-refractivity contribution in [3.8, 4) is 0 Å². The van der Waals surface area contributed by atoms with E-state index in [1.807, 2.05) is 19.4 Å². The van der Waals surface area contributed by atoms with Crippen molar-refractivity contribution < 1.29 is 0 Å². The van der Waals surface area contributed by atoms with Gasteiger partial charge in [0.25, 0.3) is 0 Å². The molecule has 2 rings (SSSR count). The van der Waals surface area contributed by atoms with Gasteiger partial charge in [-0.2, -0.15) is 0 Å². The molecule has 0 bridgehead atoms. The fraction of sp³-hybridized carbons (Fsp3) is 0.438. The standard InChI is InChI=1S/C16H23N3/c1-4-15(14-7-5-13(2)6-8-14)17-10-9-16-18-11-12-19(16)3/h5-8,11-12,15,17H,4,9-10H2,1-3H3. The van der Waals surface area contributed by atoms with E-state index in [4.69, 9.17) is 0 Å². The van der Waals surface area contributed by atoms with E-state index in [1.54, 1.807) is 0 Å². The molecule has 0 radical (unpaired) electrons. The number of aryl methyl sites for hydroxylation is 2. The van der Waals surface area contributed by atoms with Crippen LogP contribution >= 0.6 is 0 Å². The minimum atomic E-state index is 0.431. The van der Waals surface area contributed by atoms with E-state index in [0.29, 0.717) is 6.04 Å². The van der Waals surface area contributed by atoms with Gasteiger partial charge in [0.05, 0.1) is 0 Å². The number of nitrogens with one attached hydrogen (secondary N) is 1. The van der Waals surface area contributed by atoms with Crippen molar-refractivity contribution in [2.45, 2.75) is 32.7 Å². The lowest BCUT2D eigenvalue weighted by Crippen LogP contribution is -2.24. The predicted octanol–water partition coefficient (Wildman–Crippen LogP) is 3.01. The van der Waals surface area contributed by atoms with Crippen molar-refractivity contribution >= 4 is 0 Å². The summed E-state index contributed by atoms with van der Waals surface area (Å²) in [4.78, 5) is 4.35. The summed E-state index contributed by atoms with van der Waals surface area (Å²) in [6.45, 7) is 5.30. The molecule has 0 aliphatic rings. The Morgan fingerprint density at radius 1 is 1.26 bits per heavy atom. The molecule has 1 N–H and O–H groups in total. The summed E-state index contributed by atoms with van der Waals surface area (Å²) in [5, 5.41) is 3.62. The first kappa shape index (κ1) is 13.8. The number of rotatable bonds is 6. The SMILES string of the molecule is CCC(NCCc1nccn1C)c1ccc(C)cc1. The Morgan fingerprint density at radius 2 is 2.00 bits per heavy atom. The van der Waals surface area contributed by atoms with Gasteiger partial charge in [-0.25, -0.2) is 4.98 Å². The minimum Gasteiger partial charge on any atom is -0.338 e. The second-order valence-corrected chi connectivity index (χ2v) is 5.03. The van der Waals surface area contributed by atoms with Crippen LogP contribution in [0.4, 0.5) is 0 Å². The van der Waals surface area contributed by atoms with Crippen LogP contribution in [0.3, 0.4) is 0 Å². The van der Waals surface area contributed by atoms with Crippen molar-refractivity contribution in [3.05, 3.63) is 53.6 Å². The van der Waals surface area contributed by atoms with Gasteiger partial charge in [0.2, 0.25) is 0 Å². The summed E-state index contributed by atoms with van der Waals surface area (Å²) in [6, 6.07) is 9.23. The van der Waals surface area contributed by atoms with Gasteiger partial charge in [0.1, 0.15) is 5.82 Å². The van der Waals surface area contributed by atoms with Crippen LogP contribution in [0.5, 0.6) is 0 Å². The molecule has 0 spiro atoms. The molecular weight excluding hydrogens is 234 g/mol. The van der Waals surface area contributed by atoms with E-state index in [9.17, 15) is 0 Å². The monoisotopic (exact) mass is 257 g/mol. The topological polar surface area (TPSA) is 29.9 Å². The molecule has 0 amide bonds. The van der Waals surface area contributed by atoms with Crippen molar-refractivity contribution in [3.63, 3.8) is 0 Å². The van der Waals surface area contributed by atoms with E-state index in [2.05, 4.69) is 53.0 Å². The largest absolute Gasteiger partial charge is 0.338 e. The minimum absolute atomic E-state index is 0.431. The molecule has 0 fully saturated rings. The number of aromatic nitrogens is 2. The molecule has 0 aliphatic heterocycles. The van der Waals surface area contributed by atoms with Crippen molar-refractivity contribution in [1.82, 2.24) is 14.9 Å². The molecule has 1 aromatic heterocycles. The maximum atomic E-state index is 4.35. The van der Waals surface area contributed by atoms with Gasteiger partial charge >= 0.3 is 0 Å². The normalized spacial score (nSPS) is 12.6. The zero-order valence-corrected chi connectivity index (χ0v) is 12.1. The third kappa shape index (κ3) is 3.67. The fourth-order valence-corrected chi connectivity index (χ4v) is 2.29. The van der Waals surface area contributed by atoms with E-state index in [1.165, 1.54) is 11.1 Å². The van der Waals surface area contributed by atoms with Crippen molar-refractivity contribution in [2.75, 3.05) is 6.54 Å². The highest BCUT2D eigenvalue weighted by Gasteiger charge is 2.08. The Balaban J connectivity index is 1.89. The van der Waals surface area contributed by atoms with Gasteiger partial charge in [0.15, 0.2) is 0 Å². The Hall–Kier alpha value is -1.61. The molecule has 3 heteroatoms. The molecule has 3 nitrogen and oxygen atoms in total. The van der Waals surface area contributed by atoms with Crippen LogP contribution < -0.4 is 5.32 Å². The number of benzene rings is 1.